The SMILES string of the molecule is CC1CC1C(=O)N(C)c1cccc(C(N)=S)c1. The van der Waals surface area contributed by atoms with Crippen molar-refractivity contribution in [3.05, 3.63) is 29.8 Å². The van der Waals surface area contributed by atoms with Gasteiger partial charge in [-0.2, -0.15) is 0 Å². The Kier molecular flexibility index (Phi) is 3.15. The third kappa shape index (κ3) is 2.47. The van der Waals surface area contributed by atoms with Gasteiger partial charge in [-0.05, 0) is 24.5 Å². The molecule has 4 heteroatoms. The summed E-state index contributed by atoms with van der Waals surface area (Å²) in [6.07, 6.45) is 0.998. The molecular weight excluding hydrogens is 232 g/mol. The minimum Gasteiger partial charge on any atom is -0.389 e. The second kappa shape index (κ2) is 4.45. The highest BCUT2D eigenvalue weighted by atomic mass is 32.1. The molecule has 0 radical (unpaired) electrons. The topological polar surface area (TPSA) is 46.3 Å². The van der Waals surface area contributed by atoms with Crippen molar-refractivity contribution >= 4 is 28.8 Å². The van der Waals surface area contributed by atoms with Crippen molar-refractivity contribution < 1.29 is 4.79 Å². The second-order valence-electron chi connectivity index (χ2n) is 4.63. The summed E-state index contributed by atoms with van der Waals surface area (Å²) >= 11 is 4.93. The molecule has 1 fully saturated rings. The van der Waals surface area contributed by atoms with E-state index < -0.39 is 0 Å². The van der Waals surface area contributed by atoms with E-state index in [0.29, 0.717) is 10.9 Å². The zero-order valence-corrected chi connectivity index (χ0v) is 10.8. The fraction of sp³-hybridized carbons (Fsp3) is 0.385. The van der Waals surface area contributed by atoms with E-state index >= 15 is 0 Å². The molecule has 0 saturated heterocycles. The van der Waals surface area contributed by atoms with Gasteiger partial charge in [0.25, 0.3) is 0 Å². The summed E-state index contributed by atoms with van der Waals surface area (Å²) in [4.78, 5) is 14.1. The Morgan fingerprint density at radius 2 is 2.18 bits per heavy atom. The van der Waals surface area contributed by atoms with Crippen LogP contribution in [-0.4, -0.2) is 17.9 Å². The first-order valence-corrected chi connectivity index (χ1v) is 6.09. The van der Waals surface area contributed by atoms with Crippen LogP contribution in [0.15, 0.2) is 24.3 Å². The summed E-state index contributed by atoms with van der Waals surface area (Å²) in [6.45, 7) is 2.10. The fourth-order valence-electron chi connectivity index (χ4n) is 1.91. The summed E-state index contributed by atoms with van der Waals surface area (Å²) in [7, 11) is 1.80. The lowest BCUT2D eigenvalue weighted by molar-refractivity contribution is -0.119. The Labute approximate surface area is 107 Å². The molecule has 1 amide bonds. The van der Waals surface area contributed by atoms with Crippen LogP contribution in [0.5, 0.6) is 0 Å². The molecule has 1 aliphatic carbocycles. The maximum atomic E-state index is 12.1. The van der Waals surface area contributed by atoms with Gasteiger partial charge < -0.3 is 10.6 Å². The molecule has 90 valence electrons. The van der Waals surface area contributed by atoms with Crippen molar-refractivity contribution in [2.24, 2.45) is 17.6 Å². The number of thiocarbonyl (C=S) groups is 1. The first-order chi connectivity index (χ1) is 8.00. The Hall–Kier alpha value is -1.42. The number of hydrogen-bond donors (Lipinski definition) is 1. The number of nitrogens with two attached hydrogens (primary N) is 1. The number of amides is 1. The summed E-state index contributed by atoms with van der Waals surface area (Å²) in [5.41, 5.74) is 7.22. The second-order valence-corrected chi connectivity index (χ2v) is 5.07. The third-order valence-corrected chi connectivity index (χ3v) is 3.51. The normalized spacial score (nSPS) is 22.0. The molecule has 2 rings (SSSR count). The van der Waals surface area contributed by atoms with Gasteiger partial charge in [-0.25, -0.2) is 0 Å². The van der Waals surface area contributed by atoms with E-state index in [1.165, 1.54) is 0 Å². The number of carbonyl (C=O) groups is 1. The molecule has 1 aromatic carbocycles. The lowest BCUT2D eigenvalue weighted by Gasteiger charge is -2.18. The zero-order chi connectivity index (χ0) is 12.6. The molecule has 1 aromatic rings. The van der Waals surface area contributed by atoms with Gasteiger partial charge in [0.2, 0.25) is 5.91 Å². The van der Waals surface area contributed by atoms with Gasteiger partial charge in [0.15, 0.2) is 0 Å². The van der Waals surface area contributed by atoms with Crippen LogP contribution in [0.3, 0.4) is 0 Å². The van der Waals surface area contributed by atoms with Gasteiger partial charge in [0, 0.05) is 24.2 Å². The van der Waals surface area contributed by atoms with Crippen LogP contribution in [0, 0.1) is 11.8 Å². The Morgan fingerprint density at radius 1 is 1.53 bits per heavy atom. The first-order valence-electron chi connectivity index (χ1n) is 5.68. The standard InChI is InChI=1S/C13H16N2OS/c1-8-6-11(8)13(16)15(2)10-5-3-4-9(7-10)12(14)17/h3-5,7-8,11H,6H2,1-2H3,(H2,14,17). The number of benzene rings is 1. The molecule has 17 heavy (non-hydrogen) atoms. The molecule has 0 aliphatic heterocycles. The van der Waals surface area contributed by atoms with Gasteiger partial charge in [-0.3, -0.25) is 4.79 Å². The van der Waals surface area contributed by atoms with Gasteiger partial charge >= 0.3 is 0 Å². The van der Waals surface area contributed by atoms with Crippen molar-refractivity contribution in [2.45, 2.75) is 13.3 Å². The molecular formula is C13H16N2OS. The van der Waals surface area contributed by atoms with Crippen LogP contribution in [0.1, 0.15) is 18.9 Å². The quantitative estimate of drug-likeness (QED) is 0.832. The highest BCUT2D eigenvalue weighted by Crippen LogP contribution is 2.39. The van der Waals surface area contributed by atoms with Crippen molar-refractivity contribution in [3.8, 4) is 0 Å². The van der Waals surface area contributed by atoms with Crippen molar-refractivity contribution in [1.82, 2.24) is 0 Å². The predicted octanol–water partition coefficient (Wildman–Crippen LogP) is 1.94. The molecule has 0 heterocycles. The zero-order valence-electron chi connectivity index (χ0n) is 10.0. The summed E-state index contributed by atoms with van der Waals surface area (Å²) in [5, 5.41) is 0. The highest BCUT2D eigenvalue weighted by Gasteiger charge is 2.40. The van der Waals surface area contributed by atoms with Crippen LogP contribution >= 0.6 is 12.2 Å². The van der Waals surface area contributed by atoms with Crippen LogP contribution in [0.4, 0.5) is 5.69 Å². The van der Waals surface area contributed by atoms with Crippen LogP contribution in [-0.2, 0) is 4.79 Å². The number of carbonyl (C=O) groups excluding carboxylic acids is 1. The summed E-state index contributed by atoms with van der Waals surface area (Å²) in [6, 6.07) is 7.47. The van der Waals surface area contributed by atoms with Crippen molar-refractivity contribution in [3.63, 3.8) is 0 Å². The summed E-state index contributed by atoms with van der Waals surface area (Å²) < 4.78 is 0. The van der Waals surface area contributed by atoms with Gasteiger partial charge in [0.05, 0.1) is 0 Å². The van der Waals surface area contributed by atoms with Gasteiger partial charge in [0.1, 0.15) is 4.99 Å². The lowest BCUT2D eigenvalue weighted by atomic mass is 10.2. The molecule has 2 unspecified atom stereocenters. The number of hydrogen-bond acceptors (Lipinski definition) is 2. The molecule has 1 saturated carbocycles. The largest absolute Gasteiger partial charge is 0.389 e. The molecule has 0 bridgehead atoms. The Morgan fingerprint density at radius 3 is 2.71 bits per heavy atom. The molecule has 0 aromatic heterocycles. The van der Waals surface area contributed by atoms with E-state index in [1.807, 2.05) is 24.3 Å². The molecule has 2 atom stereocenters. The maximum absolute atomic E-state index is 12.1. The predicted molar refractivity (Wildman–Crippen MR) is 73.0 cm³/mol. The molecule has 0 spiro atoms. The van der Waals surface area contributed by atoms with E-state index in [0.717, 1.165) is 17.7 Å². The Balaban J connectivity index is 2.18. The monoisotopic (exact) mass is 248 g/mol. The van der Waals surface area contributed by atoms with Crippen LogP contribution in [0.25, 0.3) is 0 Å². The van der Waals surface area contributed by atoms with Crippen LogP contribution in [0.2, 0.25) is 0 Å². The van der Waals surface area contributed by atoms with Crippen molar-refractivity contribution in [1.29, 1.82) is 0 Å². The third-order valence-electron chi connectivity index (χ3n) is 3.28. The average Bonchev–Trinajstić information content (AvgIpc) is 3.04. The van der Waals surface area contributed by atoms with Gasteiger partial charge in [-0.1, -0.05) is 31.3 Å². The molecule has 3 nitrogen and oxygen atoms in total. The number of anilines is 1. The highest BCUT2D eigenvalue weighted by molar-refractivity contribution is 7.80. The minimum absolute atomic E-state index is 0.178. The first kappa shape index (κ1) is 12.0. The van der Waals surface area contributed by atoms with E-state index in [4.69, 9.17) is 18.0 Å². The number of nitrogens with zero attached hydrogens (tertiary/aromatic N) is 1. The minimum atomic E-state index is 0.178. The van der Waals surface area contributed by atoms with Crippen molar-refractivity contribution in [2.75, 3.05) is 11.9 Å². The smallest absolute Gasteiger partial charge is 0.230 e. The Bertz CT molecular complexity index is 472. The molecule has 2 N–H and O–H groups in total. The lowest BCUT2D eigenvalue weighted by Crippen LogP contribution is -2.28. The van der Waals surface area contributed by atoms with E-state index in [-0.39, 0.29) is 11.8 Å². The summed E-state index contributed by atoms with van der Waals surface area (Å²) in [5.74, 6) is 0.884. The molecule has 1 aliphatic rings. The van der Waals surface area contributed by atoms with E-state index in [9.17, 15) is 4.79 Å². The van der Waals surface area contributed by atoms with E-state index in [1.54, 1.807) is 11.9 Å². The average molecular weight is 248 g/mol. The maximum Gasteiger partial charge on any atom is 0.230 e. The van der Waals surface area contributed by atoms with Gasteiger partial charge in [-0.15, -0.1) is 0 Å². The van der Waals surface area contributed by atoms with E-state index in [2.05, 4.69) is 6.92 Å². The number of rotatable bonds is 3. The fourth-order valence-corrected chi connectivity index (χ4v) is 2.04. The van der Waals surface area contributed by atoms with Crippen LogP contribution < -0.4 is 10.6 Å².